The van der Waals surface area contributed by atoms with Crippen molar-refractivity contribution < 1.29 is 13.6 Å². The van der Waals surface area contributed by atoms with Gasteiger partial charge in [-0.25, -0.2) is 13.6 Å². The highest BCUT2D eigenvalue weighted by Gasteiger charge is 2.46. The Balaban J connectivity index is 1.82. The summed E-state index contributed by atoms with van der Waals surface area (Å²) in [5, 5.41) is 3.37. The van der Waals surface area contributed by atoms with Gasteiger partial charge in [-0.2, -0.15) is 0 Å². The zero-order valence-corrected chi connectivity index (χ0v) is 11.2. The van der Waals surface area contributed by atoms with Gasteiger partial charge in [-0.3, -0.25) is 4.79 Å². The van der Waals surface area contributed by atoms with Crippen LogP contribution in [0.15, 0.2) is 29.1 Å². The SMILES string of the molecule is Cc1cc(=O)[nH]c2ccc(NC(=O)N3CC(F)(F)C3)cc12. The molecule has 1 aliphatic rings. The third-order valence-electron chi connectivity index (χ3n) is 3.43. The van der Waals surface area contributed by atoms with E-state index in [-0.39, 0.29) is 5.56 Å². The fourth-order valence-corrected chi connectivity index (χ4v) is 2.36. The highest BCUT2D eigenvalue weighted by atomic mass is 19.3. The number of alkyl halides is 2. The van der Waals surface area contributed by atoms with Gasteiger partial charge in [-0.05, 0) is 30.7 Å². The predicted octanol–water partition coefficient (Wildman–Crippen LogP) is 2.32. The summed E-state index contributed by atoms with van der Waals surface area (Å²) in [6, 6.07) is 5.90. The second-order valence-corrected chi connectivity index (χ2v) is 5.22. The summed E-state index contributed by atoms with van der Waals surface area (Å²) in [5.74, 6) is -2.78. The van der Waals surface area contributed by atoms with Gasteiger partial charge in [0.25, 0.3) is 5.92 Å². The van der Waals surface area contributed by atoms with Gasteiger partial charge in [0.15, 0.2) is 0 Å². The normalized spacial score (nSPS) is 16.6. The molecule has 2 aromatic rings. The summed E-state index contributed by atoms with van der Waals surface area (Å²) in [6.07, 6.45) is 0. The zero-order valence-electron chi connectivity index (χ0n) is 11.2. The molecular formula is C14H13F2N3O2. The van der Waals surface area contributed by atoms with Crippen LogP contribution in [0.1, 0.15) is 5.56 Å². The molecule has 1 fully saturated rings. The van der Waals surface area contributed by atoms with E-state index in [1.54, 1.807) is 25.1 Å². The molecule has 1 aromatic carbocycles. The molecule has 0 radical (unpaired) electrons. The molecule has 0 spiro atoms. The zero-order chi connectivity index (χ0) is 15.2. The molecule has 2 amide bonds. The van der Waals surface area contributed by atoms with Crippen LogP contribution in [-0.4, -0.2) is 34.9 Å². The number of hydrogen-bond acceptors (Lipinski definition) is 2. The molecule has 21 heavy (non-hydrogen) atoms. The quantitative estimate of drug-likeness (QED) is 0.847. The van der Waals surface area contributed by atoms with Crippen molar-refractivity contribution in [2.24, 2.45) is 0 Å². The van der Waals surface area contributed by atoms with E-state index in [4.69, 9.17) is 0 Å². The minimum absolute atomic E-state index is 0.195. The van der Waals surface area contributed by atoms with E-state index in [2.05, 4.69) is 10.3 Å². The summed E-state index contributed by atoms with van der Waals surface area (Å²) >= 11 is 0. The molecule has 1 aliphatic heterocycles. The fourth-order valence-electron chi connectivity index (χ4n) is 2.36. The Labute approximate surface area is 118 Å². The van der Waals surface area contributed by atoms with Crippen molar-refractivity contribution in [2.45, 2.75) is 12.8 Å². The van der Waals surface area contributed by atoms with E-state index in [1.165, 1.54) is 6.07 Å². The van der Waals surface area contributed by atoms with Crippen LogP contribution in [0, 0.1) is 6.92 Å². The van der Waals surface area contributed by atoms with E-state index in [1.807, 2.05) is 0 Å². The van der Waals surface area contributed by atoms with Crippen molar-refractivity contribution in [1.82, 2.24) is 9.88 Å². The maximum absolute atomic E-state index is 12.7. The average molecular weight is 293 g/mol. The minimum atomic E-state index is -2.78. The monoisotopic (exact) mass is 293 g/mol. The van der Waals surface area contributed by atoms with Crippen LogP contribution in [-0.2, 0) is 0 Å². The number of nitrogens with one attached hydrogen (secondary N) is 2. The molecule has 5 nitrogen and oxygen atoms in total. The van der Waals surface area contributed by atoms with Gasteiger partial charge in [0.05, 0.1) is 13.1 Å². The fraction of sp³-hybridized carbons (Fsp3) is 0.286. The highest BCUT2D eigenvalue weighted by molar-refractivity contribution is 5.93. The van der Waals surface area contributed by atoms with Gasteiger partial charge < -0.3 is 15.2 Å². The van der Waals surface area contributed by atoms with Crippen LogP contribution < -0.4 is 10.9 Å². The number of carbonyl (C=O) groups is 1. The number of benzene rings is 1. The number of pyridine rings is 1. The van der Waals surface area contributed by atoms with E-state index in [9.17, 15) is 18.4 Å². The molecule has 0 unspecified atom stereocenters. The number of urea groups is 1. The van der Waals surface area contributed by atoms with Crippen LogP contribution in [0.4, 0.5) is 19.3 Å². The van der Waals surface area contributed by atoms with E-state index in [0.29, 0.717) is 11.2 Å². The number of anilines is 1. The first kappa shape index (κ1) is 13.5. The van der Waals surface area contributed by atoms with Gasteiger partial charge in [0.1, 0.15) is 0 Å². The number of rotatable bonds is 1. The van der Waals surface area contributed by atoms with Gasteiger partial charge >= 0.3 is 6.03 Å². The lowest BCUT2D eigenvalue weighted by molar-refractivity contribution is -0.107. The van der Waals surface area contributed by atoms with Gasteiger partial charge in [-0.15, -0.1) is 0 Å². The summed E-state index contributed by atoms with van der Waals surface area (Å²) in [5.41, 5.74) is 1.74. The lowest BCUT2D eigenvalue weighted by Crippen LogP contribution is -2.59. The van der Waals surface area contributed by atoms with Crippen molar-refractivity contribution in [2.75, 3.05) is 18.4 Å². The molecule has 1 saturated heterocycles. The first-order valence-corrected chi connectivity index (χ1v) is 6.41. The summed E-state index contributed by atoms with van der Waals surface area (Å²) in [4.78, 5) is 26.9. The predicted molar refractivity (Wildman–Crippen MR) is 74.8 cm³/mol. The van der Waals surface area contributed by atoms with Crippen LogP contribution >= 0.6 is 0 Å². The third-order valence-corrected chi connectivity index (χ3v) is 3.43. The second kappa shape index (κ2) is 4.54. The van der Waals surface area contributed by atoms with E-state index >= 15 is 0 Å². The molecular weight excluding hydrogens is 280 g/mol. The number of fused-ring (bicyclic) bond motifs is 1. The maximum atomic E-state index is 12.7. The number of halogens is 2. The molecule has 0 atom stereocenters. The number of aromatic nitrogens is 1. The Kier molecular flexibility index (Phi) is 2.93. The number of aromatic amines is 1. The number of carbonyl (C=O) groups excluding carboxylic acids is 1. The Bertz CT molecular complexity index is 777. The van der Waals surface area contributed by atoms with E-state index < -0.39 is 25.0 Å². The molecule has 0 aliphatic carbocycles. The Morgan fingerprint density at radius 2 is 2.05 bits per heavy atom. The Hall–Kier alpha value is -2.44. The highest BCUT2D eigenvalue weighted by Crippen LogP contribution is 2.27. The molecule has 110 valence electrons. The average Bonchev–Trinajstić information content (AvgIpc) is 2.36. The molecule has 2 heterocycles. The number of aryl methyl sites for hydroxylation is 1. The number of hydrogen-bond donors (Lipinski definition) is 2. The van der Waals surface area contributed by atoms with Gasteiger partial charge in [0, 0.05) is 22.7 Å². The second-order valence-electron chi connectivity index (χ2n) is 5.22. The van der Waals surface area contributed by atoms with Crippen LogP contribution in [0.3, 0.4) is 0 Å². The lowest BCUT2D eigenvalue weighted by atomic mass is 10.1. The smallest absolute Gasteiger partial charge is 0.322 e. The van der Waals surface area contributed by atoms with Gasteiger partial charge in [0.2, 0.25) is 5.56 Å². The van der Waals surface area contributed by atoms with Gasteiger partial charge in [-0.1, -0.05) is 0 Å². The van der Waals surface area contributed by atoms with Crippen LogP contribution in [0.2, 0.25) is 0 Å². The van der Waals surface area contributed by atoms with E-state index in [0.717, 1.165) is 15.8 Å². The van der Waals surface area contributed by atoms with Crippen molar-refractivity contribution >= 4 is 22.6 Å². The first-order chi connectivity index (χ1) is 9.84. The standard InChI is InChI=1S/C14H13F2N3O2/c1-8-4-12(20)18-11-3-2-9(5-10(8)11)17-13(21)19-6-14(15,16)7-19/h2-5H,6-7H2,1H3,(H,17,21)(H,18,20). The van der Waals surface area contributed by atoms with Crippen molar-refractivity contribution in [1.29, 1.82) is 0 Å². The lowest BCUT2D eigenvalue weighted by Gasteiger charge is -2.38. The molecule has 0 bridgehead atoms. The Morgan fingerprint density at radius 3 is 2.71 bits per heavy atom. The number of likely N-dealkylation sites (tertiary alicyclic amines) is 1. The van der Waals surface area contributed by atoms with Crippen molar-refractivity contribution in [3.8, 4) is 0 Å². The topological polar surface area (TPSA) is 65.2 Å². The minimum Gasteiger partial charge on any atom is -0.322 e. The van der Waals surface area contributed by atoms with Crippen molar-refractivity contribution in [3.05, 3.63) is 40.2 Å². The number of H-pyrrole nitrogens is 1. The molecule has 2 N–H and O–H groups in total. The Morgan fingerprint density at radius 1 is 1.33 bits per heavy atom. The largest absolute Gasteiger partial charge is 0.322 e. The van der Waals surface area contributed by atoms with Crippen LogP contribution in [0.25, 0.3) is 10.9 Å². The number of nitrogens with zero attached hydrogens (tertiary/aromatic N) is 1. The van der Waals surface area contributed by atoms with Crippen LogP contribution in [0.5, 0.6) is 0 Å². The molecule has 7 heteroatoms. The summed E-state index contributed by atoms with van der Waals surface area (Å²) in [6.45, 7) is 0.677. The third kappa shape index (κ3) is 2.58. The molecule has 3 rings (SSSR count). The summed E-state index contributed by atoms with van der Waals surface area (Å²) < 4.78 is 25.5. The first-order valence-electron chi connectivity index (χ1n) is 6.41. The summed E-state index contributed by atoms with van der Waals surface area (Å²) in [7, 11) is 0. The molecule has 0 saturated carbocycles. The van der Waals surface area contributed by atoms with Crippen molar-refractivity contribution in [3.63, 3.8) is 0 Å². The molecule has 1 aromatic heterocycles. The maximum Gasteiger partial charge on any atom is 0.322 e. The number of amides is 2.